The van der Waals surface area contributed by atoms with Gasteiger partial charge in [-0.2, -0.15) is 15.5 Å². The summed E-state index contributed by atoms with van der Waals surface area (Å²) in [6.07, 6.45) is 8.17. The van der Waals surface area contributed by atoms with Crippen molar-refractivity contribution in [1.82, 2.24) is 24.4 Å². The van der Waals surface area contributed by atoms with Crippen LogP contribution in [0.4, 0.5) is 5.69 Å². The van der Waals surface area contributed by atoms with Gasteiger partial charge in [-0.1, -0.05) is 12.6 Å². The molecule has 0 radical (unpaired) electrons. The molecule has 5 rings (SSSR count). The summed E-state index contributed by atoms with van der Waals surface area (Å²) in [5, 5.41) is 18.1. The molecule has 1 aliphatic heterocycles. The lowest BCUT2D eigenvalue weighted by Crippen LogP contribution is -2.36. The van der Waals surface area contributed by atoms with Gasteiger partial charge >= 0.3 is 0 Å². The molecule has 0 aliphatic carbocycles. The fraction of sp³-hybridized carbons (Fsp3) is 0.136. The van der Waals surface area contributed by atoms with Crippen molar-refractivity contribution in [3.63, 3.8) is 0 Å². The maximum Gasteiger partial charge on any atom is 0.250 e. The van der Waals surface area contributed by atoms with Crippen molar-refractivity contribution >= 4 is 17.1 Å². The van der Waals surface area contributed by atoms with Gasteiger partial charge in [0.05, 0.1) is 42.2 Å². The molecule has 0 unspecified atom stereocenters. The van der Waals surface area contributed by atoms with Crippen LogP contribution in [-0.4, -0.2) is 43.4 Å². The number of amides is 1. The van der Waals surface area contributed by atoms with Gasteiger partial charge in [-0.05, 0) is 18.2 Å². The smallest absolute Gasteiger partial charge is 0.250 e. The van der Waals surface area contributed by atoms with Crippen LogP contribution in [0.15, 0.2) is 55.6 Å². The highest BCUT2D eigenvalue weighted by atomic mass is 16.5. The van der Waals surface area contributed by atoms with Crippen LogP contribution in [-0.2, 0) is 11.8 Å². The second-order valence-corrected chi connectivity index (χ2v) is 7.07. The number of benzene rings is 1. The van der Waals surface area contributed by atoms with Crippen molar-refractivity contribution in [2.45, 2.75) is 0 Å². The molecule has 4 aromatic rings. The molecule has 1 aliphatic rings. The molecule has 1 amide bonds. The maximum atomic E-state index is 12.2. The van der Waals surface area contributed by atoms with Crippen LogP contribution in [0.1, 0.15) is 5.56 Å². The van der Waals surface area contributed by atoms with Crippen molar-refractivity contribution < 1.29 is 9.53 Å². The lowest BCUT2D eigenvalue weighted by molar-refractivity contribution is -0.114. The number of carbonyl (C=O) groups is 1. The predicted molar refractivity (Wildman–Crippen MR) is 113 cm³/mol. The van der Waals surface area contributed by atoms with Gasteiger partial charge in [-0.25, -0.2) is 9.50 Å². The van der Waals surface area contributed by atoms with Gasteiger partial charge in [0.2, 0.25) is 0 Å². The Balaban J connectivity index is 1.71. The molecular formula is C22H17N7O2. The summed E-state index contributed by atoms with van der Waals surface area (Å²) in [6.45, 7) is 4.41. The van der Waals surface area contributed by atoms with Crippen LogP contribution >= 0.6 is 0 Å². The van der Waals surface area contributed by atoms with Crippen molar-refractivity contribution in [2.24, 2.45) is 7.05 Å². The van der Waals surface area contributed by atoms with Crippen molar-refractivity contribution in [1.29, 1.82) is 5.26 Å². The van der Waals surface area contributed by atoms with E-state index in [9.17, 15) is 10.1 Å². The van der Waals surface area contributed by atoms with E-state index in [1.807, 2.05) is 31.4 Å². The molecular weight excluding hydrogens is 394 g/mol. The minimum absolute atomic E-state index is 0.182. The van der Waals surface area contributed by atoms with Gasteiger partial charge in [-0.3, -0.25) is 9.48 Å². The largest absolute Gasteiger partial charge is 0.490 e. The first-order valence-corrected chi connectivity index (χ1v) is 9.57. The average molecular weight is 411 g/mol. The highest BCUT2D eigenvalue weighted by Crippen LogP contribution is 2.37. The van der Waals surface area contributed by atoms with Gasteiger partial charge < -0.3 is 9.64 Å². The van der Waals surface area contributed by atoms with Crippen LogP contribution in [0.5, 0.6) is 5.75 Å². The monoisotopic (exact) mass is 411 g/mol. The van der Waals surface area contributed by atoms with Crippen molar-refractivity contribution in [3.05, 3.63) is 61.2 Å². The molecule has 0 atom stereocenters. The van der Waals surface area contributed by atoms with Gasteiger partial charge in [-0.15, -0.1) is 0 Å². The molecule has 0 fully saturated rings. The summed E-state index contributed by atoms with van der Waals surface area (Å²) >= 11 is 0. The molecule has 152 valence electrons. The zero-order valence-corrected chi connectivity index (χ0v) is 16.7. The third-order valence-electron chi connectivity index (χ3n) is 5.15. The average Bonchev–Trinajstić information content (AvgIpc) is 3.43. The van der Waals surface area contributed by atoms with Crippen molar-refractivity contribution in [2.75, 3.05) is 18.1 Å². The van der Waals surface area contributed by atoms with Crippen LogP contribution in [0.2, 0.25) is 0 Å². The van der Waals surface area contributed by atoms with E-state index in [1.54, 1.807) is 26.5 Å². The molecule has 0 bridgehead atoms. The Morgan fingerprint density at radius 2 is 2.13 bits per heavy atom. The molecule has 31 heavy (non-hydrogen) atoms. The Labute approximate surface area is 177 Å². The van der Waals surface area contributed by atoms with Crippen LogP contribution in [0, 0.1) is 11.3 Å². The lowest BCUT2D eigenvalue weighted by Gasteiger charge is -2.29. The Bertz CT molecular complexity index is 1390. The number of aromatic nitrogens is 5. The number of hydrogen-bond acceptors (Lipinski definition) is 6. The minimum atomic E-state index is -0.182. The van der Waals surface area contributed by atoms with E-state index in [0.717, 1.165) is 11.1 Å². The van der Waals surface area contributed by atoms with Crippen molar-refractivity contribution in [3.8, 4) is 34.3 Å². The number of fused-ring (bicyclic) bond motifs is 2. The molecule has 0 saturated carbocycles. The topological polar surface area (TPSA) is 101 Å². The summed E-state index contributed by atoms with van der Waals surface area (Å²) in [5.41, 5.74) is 4.54. The first kappa shape index (κ1) is 18.6. The highest BCUT2D eigenvalue weighted by molar-refractivity contribution is 6.02. The zero-order chi connectivity index (χ0) is 21.5. The molecule has 4 heterocycles. The summed E-state index contributed by atoms with van der Waals surface area (Å²) in [6, 6.07) is 7.70. The Morgan fingerprint density at radius 1 is 1.26 bits per heavy atom. The fourth-order valence-corrected chi connectivity index (χ4v) is 3.70. The number of anilines is 1. The molecule has 0 spiro atoms. The maximum absolute atomic E-state index is 12.2. The first-order valence-electron chi connectivity index (χ1n) is 9.57. The van der Waals surface area contributed by atoms with E-state index in [4.69, 9.17) is 9.72 Å². The van der Waals surface area contributed by atoms with E-state index in [-0.39, 0.29) is 5.91 Å². The zero-order valence-electron chi connectivity index (χ0n) is 16.7. The second kappa shape index (κ2) is 7.11. The van der Waals surface area contributed by atoms with Gasteiger partial charge in [0.25, 0.3) is 5.91 Å². The SMILES string of the molecule is C=CC(=O)N1CCOc2cc(-c3nc(-c4cnn(C)c4)cn4ncc(C#N)c34)ccc21. The van der Waals surface area contributed by atoms with Gasteiger partial charge in [0, 0.05) is 24.4 Å². The molecule has 3 aromatic heterocycles. The first-order chi connectivity index (χ1) is 15.1. The normalized spacial score (nSPS) is 12.8. The number of aryl methyl sites for hydroxylation is 1. The van der Waals surface area contributed by atoms with E-state index in [0.29, 0.717) is 47.1 Å². The van der Waals surface area contributed by atoms with Gasteiger partial charge in [0.1, 0.15) is 29.5 Å². The molecule has 0 N–H and O–H groups in total. The highest BCUT2D eigenvalue weighted by Gasteiger charge is 2.24. The van der Waals surface area contributed by atoms with Gasteiger partial charge in [0.15, 0.2) is 0 Å². The number of rotatable bonds is 3. The second-order valence-electron chi connectivity index (χ2n) is 7.07. The van der Waals surface area contributed by atoms with Crippen LogP contribution < -0.4 is 9.64 Å². The molecule has 0 saturated heterocycles. The number of ether oxygens (including phenoxy) is 1. The Hall–Kier alpha value is -4.45. The number of carbonyl (C=O) groups excluding carboxylic acids is 1. The Morgan fingerprint density at radius 3 is 2.87 bits per heavy atom. The van der Waals surface area contributed by atoms with Crippen LogP contribution in [0.25, 0.3) is 28.0 Å². The molecule has 9 nitrogen and oxygen atoms in total. The van der Waals surface area contributed by atoms with E-state index in [2.05, 4.69) is 22.8 Å². The third kappa shape index (κ3) is 3.02. The minimum Gasteiger partial charge on any atom is -0.490 e. The van der Waals surface area contributed by atoms with Crippen LogP contribution in [0.3, 0.4) is 0 Å². The lowest BCUT2D eigenvalue weighted by atomic mass is 10.1. The summed E-state index contributed by atoms with van der Waals surface area (Å²) < 4.78 is 9.17. The number of hydrogen-bond donors (Lipinski definition) is 0. The summed E-state index contributed by atoms with van der Waals surface area (Å²) in [7, 11) is 1.84. The standard InChI is InChI=1S/C22H17N7O2/c1-3-20(30)28-6-7-31-19-8-14(4-5-18(19)28)21-22-15(9-23)10-25-29(22)13-17(26-21)16-11-24-27(2)12-16/h3-5,8,10-13H,1,6-7H2,2H3. The predicted octanol–water partition coefficient (Wildman–Crippen LogP) is 2.58. The Kier molecular flexibility index (Phi) is 4.26. The fourth-order valence-electron chi connectivity index (χ4n) is 3.70. The van der Waals surface area contributed by atoms with E-state index < -0.39 is 0 Å². The molecule has 9 heteroatoms. The van der Waals surface area contributed by atoms with E-state index in [1.165, 1.54) is 12.3 Å². The summed E-state index contributed by atoms with van der Waals surface area (Å²) in [5.74, 6) is 0.391. The number of nitrogens with zero attached hydrogens (tertiary/aromatic N) is 7. The van der Waals surface area contributed by atoms with E-state index >= 15 is 0 Å². The molecule has 1 aromatic carbocycles. The quantitative estimate of drug-likeness (QED) is 0.480. The third-order valence-corrected chi connectivity index (χ3v) is 5.15. The number of nitriles is 1. The summed E-state index contributed by atoms with van der Waals surface area (Å²) in [4.78, 5) is 18.7.